The zero-order valence-electron chi connectivity index (χ0n) is 18.4. The van der Waals surface area contributed by atoms with Gasteiger partial charge in [0.05, 0.1) is 4.90 Å². The summed E-state index contributed by atoms with van der Waals surface area (Å²) >= 11 is 1.48. The van der Waals surface area contributed by atoms with E-state index in [9.17, 15) is 18.0 Å². The van der Waals surface area contributed by atoms with Gasteiger partial charge in [-0.05, 0) is 60.7 Å². The van der Waals surface area contributed by atoms with Crippen molar-refractivity contribution < 1.29 is 18.0 Å². The van der Waals surface area contributed by atoms with Gasteiger partial charge in [0.2, 0.25) is 10.0 Å². The molecule has 0 radical (unpaired) electrons. The van der Waals surface area contributed by atoms with Crippen LogP contribution in [0.5, 0.6) is 0 Å². The summed E-state index contributed by atoms with van der Waals surface area (Å²) in [6.07, 6.45) is 1.29. The van der Waals surface area contributed by atoms with E-state index in [1.165, 1.54) is 23.5 Å². The third-order valence-electron chi connectivity index (χ3n) is 5.58. The molecule has 34 heavy (non-hydrogen) atoms. The monoisotopic (exact) mass is 498 g/mol. The van der Waals surface area contributed by atoms with E-state index in [0.717, 1.165) is 10.6 Å². The average molecular weight is 499 g/mol. The lowest BCUT2D eigenvalue weighted by Crippen LogP contribution is -2.47. The zero-order chi connectivity index (χ0) is 24.0. The van der Waals surface area contributed by atoms with Crippen LogP contribution in [-0.2, 0) is 16.6 Å². The number of piperidine rings is 1. The standard InChI is InChI=1S/C24H26N4O4S2/c29-23(18-8-10-22(11-9-18)34(31,32)25-17-21-7-4-16-33-21)28-14-12-20(13-15-28)27-24(30)26-19-5-2-1-3-6-19/h1-11,16,20,25H,12-15,17H2,(H2,26,27,30). The number of hydrogen-bond donors (Lipinski definition) is 3. The molecule has 0 unspecified atom stereocenters. The van der Waals surface area contributed by atoms with Crippen molar-refractivity contribution in [3.05, 3.63) is 82.6 Å². The van der Waals surface area contributed by atoms with Gasteiger partial charge in [-0.3, -0.25) is 4.79 Å². The Kier molecular flexibility index (Phi) is 7.61. The molecule has 178 valence electrons. The maximum Gasteiger partial charge on any atom is 0.319 e. The second kappa shape index (κ2) is 10.8. The molecule has 0 aliphatic carbocycles. The molecular weight excluding hydrogens is 472 g/mol. The normalized spacial score (nSPS) is 14.5. The van der Waals surface area contributed by atoms with E-state index in [2.05, 4.69) is 15.4 Å². The summed E-state index contributed by atoms with van der Waals surface area (Å²) in [6.45, 7) is 1.25. The van der Waals surface area contributed by atoms with Gasteiger partial charge in [0, 0.05) is 41.8 Å². The van der Waals surface area contributed by atoms with Crippen LogP contribution >= 0.6 is 11.3 Å². The molecule has 0 atom stereocenters. The van der Waals surface area contributed by atoms with Crippen LogP contribution in [0.3, 0.4) is 0 Å². The largest absolute Gasteiger partial charge is 0.338 e. The minimum atomic E-state index is -3.66. The molecule has 0 bridgehead atoms. The highest BCUT2D eigenvalue weighted by Crippen LogP contribution is 2.17. The van der Waals surface area contributed by atoms with Crippen molar-refractivity contribution in [3.8, 4) is 0 Å². The lowest BCUT2D eigenvalue weighted by atomic mass is 10.0. The molecule has 1 aromatic heterocycles. The topological polar surface area (TPSA) is 108 Å². The first kappa shape index (κ1) is 23.9. The number of benzene rings is 2. The van der Waals surface area contributed by atoms with Crippen molar-refractivity contribution in [2.45, 2.75) is 30.3 Å². The summed E-state index contributed by atoms with van der Waals surface area (Å²) in [4.78, 5) is 27.8. The van der Waals surface area contributed by atoms with Crippen molar-refractivity contribution in [2.24, 2.45) is 0 Å². The van der Waals surface area contributed by atoms with Gasteiger partial charge in [-0.25, -0.2) is 17.9 Å². The highest BCUT2D eigenvalue weighted by atomic mass is 32.2. The number of rotatable bonds is 7. The summed E-state index contributed by atoms with van der Waals surface area (Å²) < 4.78 is 27.6. The van der Waals surface area contributed by atoms with Crippen molar-refractivity contribution in [3.63, 3.8) is 0 Å². The molecule has 1 fully saturated rings. The Morgan fingerprint density at radius 3 is 2.29 bits per heavy atom. The Labute approximate surface area is 203 Å². The highest BCUT2D eigenvalue weighted by Gasteiger charge is 2.25. The molecule has 3 N–H and O–H groups in total. The zero-order valence-corrected chi connectivity index (χ0v) is 20.1. The van der Waals surface area contributed by atoms with Crippen molar-refractivity contribution in [1.82, 2.24) is 14.9 Å². The van der Waals surface area contributed by atoms with Crippen LogP contribution in [0.25, 0.3) is 0 Å². The van der Waals surface area contributed by atoms with Crippen LogP contribution in [0.2, 0.25) is 0 Å². The number of nitrogens with one attached hydrogen (secondary N) is 3. The predicted molar refractivity (Wildman–Crippen MR) is 132 cm³/mol. The minimum absolute atomic E-state index is 0.0188. The molecule has 2 aromatic carbocycles. The van der Waals surface area contributed by atoms with E-state index < -0.39 is 10.0 Å². The average Bonchev–Trinajstić information content (AvgIpc) is 3.37. The molecule has 8 nitrogen and oxygen atoms in total. The first-order valence-electron chi connectivity index (χ1n) is 10.9. The molecule has 4 rings (SSSR count). The fourth-order valence-electron chi connectivity index (χ4n) is 3.72. The van der Waals surface area contributed by atoms with Gasteiger partial charge in [-0.1, -0.05) is 24.3 Å². The summed E-state index contributed by atoms with van der Waals surface area (Å²) in [5.74, 6) is -0.150. The first-order valence-corrected chi connectivity index (χ1v) is 13.3. The van der Waals surface area contributed by atoms with Crippen molar-refractivity contribution in [2.75, 3.05) is 18.4 Å². The summed E-state index contributed by atoms with van der Waals surface area (Å²) in [6, 6.07) is 18.6. The van der Waals surface area contributed by atoms with Gasteiger partial charge in [0.25, 0.3) is 5.91 Å². The molecule has 1 saturated heterocycles. The highest BCUT2D eigenvalue weighted by molar-refractivity contribution is 7.89. The molecule has 0 spiro atoms. The predicted octanol–water partition coefficient (Wildman–Crippen LogP) is 3.65. The number of amides is 3. The Morgan fingerprint density at radius 1 is 0.941 bits per heavy atom. The number of hydrogen-bond acceptors (Lipinski definition) is 5. The number of carbonyl (C=O) groups is 2. The molecule has 2 heterocycles. The maximum absolute atomic E-state index is 12.9. The van der Waals surface area contributed by atoms with Crippen LogP contribution in [-0.4, -0.2) is 44.4 Å². The summed E-state index contributed by atoms with van der Waals surface area (Å²) in [7, 11) is -3.66. The van der Waals surface area contributed by atoms with Crippen LogP contribution in [0.15, 0.2) is 77.0 Å². The first-order chi connectivity index (χ1) is 16.4. The summed E-state index contributed by atoms with van der Waals surface area (Å²) in [5, 5.41) is 7.64. The Bertz CT molecular complexity index is 1210. The lowest BCUT2D eigenvalue weighted by molar-refractivity contribution is 0.0708. The molecule has 1 aliphatic rings. The number of sulfonamides is 1. The maximum atomic E-state index is 12.9. The lowest BCUT2D eigenvalue weighted by Gasteiger charge is -2.32. The number of carbonyl (C=O) groups excluding carboxylic acids is 2. The van der Waals surface area contributed by atoms with E-state index in [1.54, 1.807) is 17.0 Å². The molecule has 3 amide bonds. The minimum Gasteiger partial charge on any atom is -0.338 e. The third kappa shape index (κ3) is 6.22. The Morgan fingerprint density at radius 2 is 1.65 bits per heavy atom. The smallest absolute Gasteiger partial charge is 0.319 e. The number of para-hydroxylation sites is 1. The van der Waals surface area contributed by atoms with Crippen LogP contribution in [0.1, 0.15) is 28.1 Å². The number of anilines is 1. The fourth-order valence-corrected chi connectivity index (χ4v) is 5.47. The molecule has 10 heteroatoms. The summed E-state index contributed by atoms with van der Waals surface area (Å²) in [5.41, 5.74) is 1.16. The van der Waals surface area contributed by atoms with E-state index in [-0.39, 0.29) is 29.4 Å². The van der Waals surface area contributed by atoms with Crippen molar-refractivity contribution >= 4 is 39.0 Å². The SMILES string of the molecule is O=C(Nc1ccccc1)NC1CCN(C(=O)c2ccc(S(=O)(=O)NCc3cccs3)cc2)CC1. The van der Waals surface area contributed by atoms with Crippen LogP contribution in [0, 0.1) is 0 Å². The fraction of sp³-hybridized carbons (Fsp3) is 0.250. The van der Waals surface area contributed by atoms with Gasteiger partial charge in [-0.15, -0.1) is 11.3 Å². The number of urea groups is 1. The number of nitrogens with zero attached hydrogens (tertiary/aromatic N) is 1. The van der Waals surface area contributed by atoms with Crippen LogP contribution < -0.4 is 15.4 Å². The second-order valence-electron chi connectivity index (χ2n) is 7.96. The number of thiophene rings is 1. The number of likely N-dealkylation sites (tertiary alicyclic amines) is 1. The molecular formula is C24H26N4O4S2. The van der Waals surface area contributed by atoms with Gasteiger partial charge >= 0.3 is 6.03 Å². The van der Waals surface area contributed by atoms with Gasteiger partial charge in [0.15, 0.2) is 0 Å². The molecule has 1 aliphatic heterocycles. The second-order valence-corrected chi connectivity index (χ2v) is 10.8. The van der Waals surface area contributed by atoms with Gasteiger partial charge in [-0.2, -0.15) is 0 Å². The Hall–Kier alpha value is -3.21. The quantitative estimate of drug-likeness (QED) is 0.462. The van der Waals surface area contributed by atoms with Gasteiger partial charge in [0.1, 0.15) is 0 Å². The van der Waals surface area contributed by atoms with E-state index in [4.69, 9.17) is 0 Å². The van der Waals surface area contributed by atoms with Crippen LogP contribution in [0.4, 0.5) is 10.5 Å². The molecule has 3 aromatic rings. The van der Waals surface area contributed by atoms with E-state index in [1.807, 2.05) is 47.8 Å². The Balaban J connectivity index is 1.27. The van der Waals surface area contributed by atoms with Crippen molar-refractivity contribution in [1.29, 1.82) is 0 Å². The molecule has 0 saturated carbocycles. The third-order valence-corrected chi connectivity index (χ3v) is 7.87. The van der Waals surface area contributed by atoms with E-state index in [0.29, 0.717) is 31.5 Å². The van der Waals surface area contributed by atoms with E-state index >= 15 is 0 Å². The van der Waals surface area contributed by atoms with Gasteiger partial charge < -0.3 is 15.5 Å².